The molecule has 0 saturated carbocycles. The monoisotopic (exact) mass is 202 g/mol. The van der Waals surface area contributed by atoms with E-state index in [-0.39, 0.29) is 5.88 Å². The summed E-state index contributed by atoms with van der Waals surface area (Å²) in [5.74, 6) is 0.210. The number of nitrogens with zero attached hydrogens (tertiary/aromatic N) is 2. The molecule has 4 nitrogen and oxygen atoms in total. The van der Waals surface area contributed by atoms with E-state index in [9.17, 15) is 5.21 Å². The summed E-state index contributed by atoms with van der Waals surface area (Å²) in [6.07, 6.45) is 1.42. The van der Waals surface area contributed by atoms with Crippen molar-refractivity contribution < 1.29 is 9.58 Å². The number of hydrogen-bond donors (Lipinski definition) is 0. The van der Waals surface area contributed by atoms with Crippen molar-refractivity contribution in [2.75, 3.05) is 0 Å². The lowest BCUT2D eigenvalue weighted by molar-refractivity contribution is -0.675. The third-order valence-corrected chi connectivity index (χ3v) is 1.91. The highest BCUT2D eigenvalue weighted by atomic mass is 16.6. The van der Waals surface area contributed by atoms with Crippen molar-refractivity contribution in [2.45, 2.75) is 6.61 Å². The van der Waals surface area contributed by atoms with Crippen molar-refractivity contribution in [3.63, 3.8) is 0 Å². The first kappa shape index (κ1) is 9.45. The van der Waals surface area contributed by atoms with Crippen LogP contribution in [0.5, 0.6) is 5.88 Å². The average molecular weight is 202 g/mol. The minimum atomic E-state index is 0.210. The van der Waals surface area contributed by atoms with Gasteiger partial charge in [0.15, 0.2) is 0 Å². The molecule has 1 aromatic heterocycles. The van der Waals surface area contributed by atoms with E-state index in [0.717, 1.165) is 5.56 Å². The molecule has 0 aliphatic carbocycles. The van der Waals surface area contributed by atoms with Crippen LogP contribution in [0.2, 0.25) is 0 Å². The minimum absolute atomic E-state index is 0.210. The van der Waals surface area contributed by atoms with Crippen LogP contribution in [0, 0.1) is 5.21 Å². The molecule has 2 aromatic rings. The highest BCUT2D eigenvalue weighted by Gasteiger charge is 2.05. The number of ether oxygens (including phenoxy) is 1. The molecule has 76 valence electrons. The Kier molecular flexibility index (Phi) is 2.78. The summed E-state index contributed by atoms with van der Waals surface area (Å²) in [5, 5.41) is 14.6. The van der Waals surface area contributed by atoms with Gasteiger partial charge in [-0.25, -0.2) is 0 Å². The lowest BCUT2D eigenvalue weighted by Crippen LogP contribution is -2.32. The lowest BCUT2D eigenvalue weighted by Gasteiger charge is -2.03. The van der Waals surface area contributed by atoms with E-state index in [2.05, 4.69) is 5.10 Å². The Morgan fingerprint density at radius 1 is 1.13 bits per heavy atom. The van der Waals surface area contributed by atoms with Crippen molar-refractivity contribution in [1.29, 1.82) is 0 Å². The Labute approximate surface area is 87.3 Å². The van der Waals surface area contributed by atoms with Crippen LogP contribution in [0.15, 0.2) is 48.7 Å². The summed E-state index contributed by atoms with van der Waals surface area (Å²) < 4.78 is 5.31. The third kappa shape index (κ3) is 2.43. The van der Waals surface area contributed by atoms with Crippen LogP contribution in [0.3, 0.4) is 0 Å². The van der Waals surface area contributed by atoms with Gasteiger partial charge in [-0.1, -0.05) is 30.3 Å². The maximum atomic E-state index is 11.1. The summed E-state index contributed by atoms with van der Waals surface area (Å²) in [7, 11) is 0. The van der Waals surface area contributed by atoms with Crippen molar-refractivity contribution in [2.24, 2.45) is 0 Å². The molecule has 0 bridgehead atoms. The zero-order valence-corrected chi connectivity index (χ0v) is 8.04. The van der Waals surface area contributed by atoms with Gasteiger partial charge in [0, 0.05) is 5.10 Å². The second kappa shape index (κ2) is 4.41. The molecular formula is C11H10N2O2. The first-order valence-electron chi connectivity index (χ1n) is 4.58. The van der Waals surface area contributed by atoms with Crippen LogP contribution in [0.4, 0.5) is 0 Å². The van der Waals surface area contributed by atoms with E-state index < -0.39 is 0 Å². The molecule has 15 heavy (non-hydrogen) atoms. The molecule has 0 fully saturated rings. The summed E-state index contributed by atoms with van der Waals surface area (Å²) in [4.78, 5) is 0.461. The zero-order valence-electron chi connectivity index (χ0n) is 8.04. The van der Waals surface area contributed by atoms with Crippen LogP contribution in [-0.4, -0.2) is 5.10 Å². The van der Waals surface area contributed by atoms with E-state index in [1.165, 1.54) is 6.20 Å². The first-order valence-corrected chi connectivity index (χ1v) is 4.58. The smallest absolute Gasteiger partial charge is 0.406 e. The van der Waals surface area contributed by atoms with E-state index >= 15 is 0 Å². The fraction of sp³-hybridized carbons (Fsp3) is 0.0909. The average Bonchev–Trinajstić information content (AvgIpc) is 2.29. The molecule has 4 heteroatoms. The molecule has 1 aromatic carbocycles. The predicted octanol–water partition coefficient (Wildman–Crippen LogP) is 1.29. The molecular weight excluding hydrogens is 192 g/mol. The Balaban J connectivity index is 2.03. The SMILES string of the molecule is [O-][n+]1ncccc1OCc1ccccc1. The predicted molar refractivity (Wildman–Crippen MR) is 54.0 cm³/mol. The lowest BCUT2D eigenvalue weighted by atomic mass is 10.2. The summed E-state index contributed by atoms with van der Waals surface area (Å²) in [6, 6.07) is 12.9. The Bertz CT molecular complexity index is 432. The molecule has 2 rings (SSSR count). The van der Waals surface area contributed by atoms with Crippen molar-refractivity contribution in [3.05, 3.63) is 59.4 Å². The van der Waals surface area contributed by atoms with Gasteiger partial charge in [0.05, 0.1) is 12.3 Å². The van der Waals surface area contributed by atoms with Gasteiger partial charge >= 0.3 is 5.88 Å². The standard InChI is InChI=1S/C11H10N2O2/c14-13-11(7-4-8-12-13)15-9-10-5-2-1-3-6-10/h1-8H,9H2. The molecule has 0 radical (unpaired) electrons. The number of benzene rings is 1. The van der Waals surface area contributed by atoms with Gasteiger partial charge in [0.1, 0.15) is 6.61 Å². The Morgan fingerprint density at radius 3 is 2.67 bits per heavy atom. The van der Waals surface area contributed by atoms with Gasteiger partial charge in [-0.2, -0.15) is 0 Å². The fourth-order valence-electron chi connectivity index (χ4n) is 1.18. The van der Waals surface area contributed by atoms with Crippen LogP contribution < -0.4 is 9.58 Å². The highest BCUT2D eigenvalue weighted by molar-refractivity contribution is 5.14. The van der Waals surface area contributed by atoms with Gasteiger partial charge in [-0.05, 0) is 16.5 Å². The summed E-state index contributed by atoms with van der Waals surface area (Å²) in [5.41, 5.74) is 1.02. The Hall–Kier alpha value is -2.10. The van der Waals surface area contributed by atoms with Crippen LogP contribution in [0.25, 0.3) is 0 Å². The highest BCUT2D eigenvalue weighted by Crippen LogP contribution is 2.05. The third-order valence-electron chi connectivity index (χ3n) is 1.91. The maximum absolute atomic E-state index is 11.1. The van der Waals surface area contributed by atoms with Crippen LogP contribution >= 0.6 is 0 Å². The topological polar surface area (TPSA) is 49.1 Å². The van der Waals surface area contributed by atoms with Crippen molar-refractivity contribution in [1.82, 2.24) is 5.10 Å². The van der Waals surface area contributed by atoms with Crippen molar-refractivity contribution >= 4 is 0 Å². The maximum Gasteiger partial charge on any atom is 0.406 e. The molecule has 1 heterocycles. The quantitative estimate of drug-likeness (QED) is 0.556. The largest absolute Gasteiger partial charge is 0.591 e. The zero-order chi connectivity index (χ0) is 10.5. The second-order valence-electron chi connectivity index (χ2n) is 3.01. The van der Waals surface area contributed by atoms with E-state index in [0.29, 0.717) is 11.5 Å². The van der Waals surface area contributed by atoms with E-state index in [1.807, 2.05) is 30.3 Å². The first-order chi connectivity index (χ1) is 7.36. The minimum Gasteiger partial charge on any atom is -0.591 e. The van der Waals surface area contributed by atoms with E-state index in [1.54, 1.807) is 12.1 Å². The molecule has 0 spiro atoms. The summed E-state index contributed by atoms with van der Waals surface area (Å²) >= 11 is 0. The van der Waals surface area contributed by atoms with Crippen molar-refractivity contribution in [3.8, 4) is 5.88 Å². The molecule has 0 unspecified atom stereocenters. The number of hydrogen-bond acceptors (Lipinski definition) is 3. The van der Waals surface area contributed by atoms with Gasteiger partial charge in [-0.15, -0.1) is 0 Å². The van der Waals surface area contributed by atoms with Gasteiger partial charge in [0.25, 0.3) is 0 Å². The fourth-order valence-corrected chi connectivity index (χ4v) is 1.18. The summed E-state index contributed by atoms with van der Waals surface area (Å²) in [6.45, 7) is 0.370. The van der Waals surface area contributed by atoms with Gasteiger partial charge in [0.2, 0.25) is 0 Å². The van der Waals surface area contributed by atoms with Crippen LogP contribution in [0.1, 0.15) is 5.56 Å². The molecule has 0 aliphatic rings. The molecule has 0 saturated heterocycles. The van der Waals surface area contributed by atoms with E-state index in [4.69, 9.17) is 4.74 Å². The normalized spacial score (nSPS) is 9.87. The number of aromatic nitrogens is 2. The van der Waals surface area contributed by atoms with Gasteiger partial charge < -0.3 is 9.94 Å². The molecule has 0 N–H and O–H groups in total. The second-order valence-corrected chi connectivity index (χ2v) is 3.01. The molecule has 0 amide bonds. The molecule has 0 atom stereocenters. The van der Waals surface area contributed by atoms with Gasteiger partial charge in [-0.3, -0.25) is 0 Å². The molecule has 0 aliphatic heterocycles. The van der Waals surface area contributed by atoms with Crippen LogP contribution in [-0.2, 0) is 6.61 Å². The number of rotatable bonds is 3. The Morgan fingerprint density at radius 2 is 1.93 bits per heavy atom.